The molecule has 1 unspecified atom stereocenters. The molecule has 1 aromatic heterocycles. The number of hydrogen-bond donors (Lipinski definition) is 0. The highest BCUT2D eigenvalue weighted by atomic mass is 15.1. The molecule has 1 atom stereocenters. The van der Waals surface area contributed by atoms with Gasteiger partial charge in [0.15, 0.2) is 0 Å². The third kappa shape index (κ3) is 5.59. The summed E-state index contributed by atoms with van der Waals surface area (Å²) in [6.45, 7) is 13.5. The van der Waals surface area contributed by atoms with Crippen LogP contribution >= 0.6 is 0 Å². The van der Waals surface area contributed by atoms with Crippen molar-refractivity contribution < 1.29 is 0 Å². The Morgan fingerprint density at radius 2 is 1.35 bits per heavy atom. The minimum atomic E-state index is -0.638. The van der Waals surface area contributed by atoms with E-state index in [1.807, 2.05) is 6.08 Å². The van der Waals surface area contributed by atoms with Gasteiger partial charge in [-0.15, -0.1) is 0 Å². The fourth-order valence-electron chi connectivity index (χ4n) is 8.44. The lowest BCUT2D eigenvalue weighted by Crippen LogP contribution is -2.29. The van der Waals surface area contributed by atoms with Crippen molar-refractivity contribution >= 4 is 44.4 Å². The maximum Gasteiger partial charge on any atom is 0.0708 e. The van der Waals surface area contributed by atoms with Gasteiger partial charge < -0.3 is 9.47 Å². The van der Waals surface area contributed by atoms with Crippen molar-refractivity contribution in [1.29, 1.82) is 0 Å². The van der Waals surface area contributed by atoms with Crippen LogP contribution in [0.1, 0.15) is 37.0 Å². The molecule has 7 aromatic rings. The van der Waals surface area contributed by atoms with Gasteiger partial charge in [-0.05, 0) is 96.6 Å². The highest BCUT2D eigenvalue weighted by Gasteiger charge is 2.47. The van der Waals surface area contributed by atoms with Gasteiger partial charge in [-0.2, -0.15) is 0 Å². The lowest BCUT2D eigenvalue weighted by Gasteiger charge is -2.36. The normalized spacial score (nSPS) is 15.6. The van der Waals surface area contributed by atoms with Gasteiger partial charge in [-0.25, -0.2) is 0 Å². The van der Waals surface area contributed by atoms with E-state index in [1.165, 1.54) is 33.0 Å². The van der Waals surface area contributed by atoms with Crippen molar-refractivity contribution in [3.8, 4) is 5.69 Å². The maximum absolute atomic E-state index is 4.84. The first kappa shape index (κ1) is 34.4. The molecular weight excluding hydrogens is 653 g/mol. The molecule has 1 aliphatic rings. The average molecular weight is 697 g/mol. The first-order chi connectivity index (χ1) is 26.6. The zero-order valence-electron chi connectivity index (χ0n) is 31.0. The summed E-state index contributed by atoms with van der Waals surface area (Å²) in [6.07, 6.45) is 16.0. The van der Waals surface area contributed by atoms with E-state index in [9.17, 15) is 0 Å². The molecule has 0 amide bonds. The van der Waals surface area contributed by atoms with Crippen molar-refractivity contribution in [3.05, 3.63) is 235 Å². The van der Waals surface area contributed by atoms with Crippen LogP contribution in [0.15, 0.2) is 218 Å². The zero-order valence-corrected chi connectivity index (χ0v) is 31.0. The van der Waals surface area contributed by atoms with Crippen molar-refractivity contribution in [2.24, 2.45) is 0 Å². The standard InChI is InChI=1S/C52H44N2/c1-5-8-9-13-24-38(4)52(39-25-14-10-15-26-39)46(23-6-2)43(7-3)51-47(52)32-22-34-49(51)53(40-27-16-11-17-28-40)42-35-36-45-44-31-20-21-33-48(44)54(50(45)37-42)41-29-18-12-19-30-41/h5-8,10-37H,3-4,9H2,1-2H3/b8-5-,23-6-,24-13-. The Morgan fingerprint density at radius 1 is 0.667 bits per heavy atom. The van der Waals surface area contributed by atoms with Gasteiger partial charge in [0.1, 0.15) is 0 Å². The molecule has 2 heteroatoms. The molecule has 6 aromatic carbocycles. The average Bonchev–Trinajstić information content (AvgIpc) is 3.71. The molecule has 0 fully saturated rings. The number of hydrogen-bond acceptors (Lipinski definition) is 1. The van der Waals surface area contributed by atoms with Crippen LogP contribution in [0.3, 0.4) is 0 Å². The molecule has 0 aliphatic heterocycles. The Labute approximate surface area is 319 Å². The molecule has 0 bridgehead atoms. The van der Waals surface area contributed by atoms with Crippen LogP contribution in [0.25, 0.3) is 33.1 Å². The fourth-order valence-corrected chi connectivity index (χ4v) is 8.44. The topological polar surface area (TPSA) is 8.17 Å². The van der Waals surface area contributed by atoms with E-state index in [2.05, 4.69) is 218 Å². The lowest BCUT2D eigenvalue weighted by atomic mass is 9.66. The van der Waals surface area contributed by atoms with Crippen LogP contribution in [0.4, 0.5) is 17.1 Å². The molecule has 54 heavy (non-hydrogen) atoms. The number of fused-ring (bicyclic) bond motifs is 4. The summed E-state index contributed by atoms with van der Waals surface area (Å²) in [6, 6.07) is 54.5. The van der Waals surface area contributed by atoms with E-state index in [4.69, 9.17) is 6.58 Å². The largest absolute Gasteiger partial charge is 0.310 e. The second kappa shape index (κ2) is 14.8. The van der Waals surface area contributed by atoms with Crippen LogP contribution in [0.2, 0.25) is 0 Å². The molecule has 2 nitrogen and oxygen atoms in total. The van der Waals surface area contributed by atoms with Crippen LogP contribution < -0.4 is 4.90 Å². The van der Waals surface area contributed by atoms with E-state index in [0.717, 1.165) is 51.4 Å². The van der Waals surface area contributed by atoms with Gasteiger partial charge in [0.05, 0.1) is 22.1 Å². The SMILES string of the molecule is C=CC1=C(/C=C\C)C(C(=C)/C=C\C/C=C\C)(c2ccccc2)c2cccc(N(c3ccccc3)c3ccc4c5ccccc5n(-c5ccccc5)c4c3)c21. The maximum atomic E-state index is 4.84. The zero-order chi connectivity index (χ0) is 37.1. The van der Waals surface area contributed by atoms with E-state index >= 15 is 0 Å². The van der Waals surface area contributed by atoms with Gasteiger partial charge in [0.2, 0.25) is 0 Å². The summed E-state index contributed by atoms with van der Waals surface area (Å²) in [7, 11) is 0. The van der Waals surface area contributed by atoms with Crippen LogP contribution in [0.5, 0.6) is 0 Å². The first-order valence-corrected chi connectivity index (χ1v) is 18.7. The van der Waals surface area contributed by atoms with Crippen LogP contribution in [0, 0.1) is 0 Å². The van der Waals surface area contributed by atoms with E-state index in [0.29, 0.717) is 0 Å². The van der Waals surface area contributed by atoms with Crippen molar-refractivity contribution in [3.63, 3.8) is 0 Å². The Kier molecular flexibility index (Phi) is 9.42. The number of anilines is 3. The fraction of sp³-hybridized carbons (Fsp3) is 0.0769. The van der Waals surface area contributed by atoms with E-state index < -0.39 is 5.41 Å². The van der Waals surface area contributed by atoms with Gasteiger partial charge in [0, 0.05) is 33.4 Å². The van der Waals surface area contributed by atoms with Gasteiger partial charge in [-0.3, -0.25) is 0 Å². The van der Waals surface area contributed by atoms with Crippen molar-refractivity contribution in [2.45, 2.75) is 25.7 Å². The van der Waals surface area contributed by atoms with Crippen LogP contribution in [-0.2, 0) is 5.41 Å². The van der Waals surface area contributed by atoms with E-state index in [-0.39, 0.29) is 0 Å². The molecule has 0 N–H and O–H groups in total. The van der Waals surface area contributed by atoms with E-state index in [1.54, 1.807) is 0 Å². The monoisotopic (exact) mass is 696 g/mol. The molecule has 8 rings (SSSR count). The van der Waals surface area contributed by atoms with Crippen molar-refractivity contribution in [1.82, 2.24) is 4.57 Å². The van der Waals surface area contributed by atoms with Crippen molar-refractivity contribution in [2.75, 3.05) is 4.90 Å². The number of allylic oxidation sites excluding steroid dienone is 10. The second-order valence-corrected chi connectivity index (χ2v) is 13.6. The summed E-state index contributed by atoms with van der Waals surface area (Å²) >= 11 is 0. The number of para-hydroxylation sites is 3. The summed E-state index contributed by atoms with van der Waals surface area (Å²) in [4.78, 5) is 2.41. The highest BCUT2D eigenvalue weighted by molar-refractivity contribution is 6.10. The molecule has 0 saturated heterocycles. The van der Waals surface area contributed by atoms with Crippen LogP contribution in [-0.4, -0.2) is 4.57 Å². The quantitative estimate of drug-likeness (QED) is 0.0965. The second-order valence-electron chi connectivity index (χ2n) is 13.6. The van der Waals surface area contributed by atoms with Gasteiger partial charge in [-0.1, -0.05) is 159 Å². The summed E-state index contributed by atoms with van der Waals surface area (Å²) in [5, 5.41) is 2.45. The number of nitrogens with zero attached hydrogens (tertiary/aromatic N) is 2. The summed E-state index contributed by atoms with van der Waals surface area (Å²) in [5.74, 6) is 0. The molecule has 0 radical (unpaired) electrons. The number of benzene rings is 6. The Balaban J connectivity index is 1.44. The predicted molar refractivity (Wildman–Crippen MR) is 232 cm³/mol. The third-order valence-corrected chi connectivity index (χ3v) is 10.6. The minimum Gasteiger partial charge on any atom is -0.310 e. The lowest BCUT2D eigenvalue weighted by molar-refractivity contribution is 0.762. The van der Waals surface area contributed by atoms with Gasteiger partial charge >= 0.3 is 0 Å². The summed E-state index contributed by atoms with van der Waals surface area (Å²) < 4.78 is 2.39. The third-order valence-electron chi connectivity index (χ3n) is 10.6. The predicted octanol–water partition coefficient (Wildman–Crippen LogP) is 14.1. The highest BCUT2D eigenvalue weighted by Crippen LogP contribution is 2.58. The molecule has 1 heterocycles. The molecule has 1 aliphatic carbocycles. The summed E-state index contributed by atoms with van der Waals surface area (Å²) in [5.41, 5.74) is 12.9. The Morgan fingerprint density at radius 3 is 2.07 bits per heavy atom. The number of rotatable bonds is 11. The minimum absolute atomic E-state index is 0.638. The Bertz CT molecular complexity index is 2620. The smallest absolute Gasteiger partial charge is 0.0708 e. The molecular formula is C52H44N2. The first-order valence-electron chi connectivity index (χ1n) is 18.7. The molecule has 262 valence electrons. The Hall–Kier alpha value is -6.64. The molecule has 0 spiro atoms. The number of aromatic nitrogens is 1. The van der Waals surface area contributed by atoms with Gasteiger partial charge in [0.25, 0.3) is 0 Å². The molecule has 0 saturated carbocycles.